The third-order valence-electron chi connectivity index (χ3n) is 2.48. The average molecular weight is 248 g/mol. The molecule has 90 valence electrons. The molecule has 0 amide bonds. The van der Waals surface area contributed by atoms with E-state index in [1.807, 2.05) is 29.6 Å². The Morgan fingerprint density at radius 3 is 2.71 bits per heavy atom. The molecule has 1 unspecified atom stereocenters. The first-order chi connectivity index (χ1) is 8.31. The van der Waals surface area contributed by atoms with Crippen LogP contribution in [0.15, 0.2) is 35.2 Å². The number of nitrogens with zero attached hydrogens (tertiary/aromatic N) is 1. The standard InChI is InChI=1S/C13H16N2OS/c1-2-7-16-11-5-3-10(4-6-11)13(14)12-8-17-9-15-12/h3-6,8-9,13H,2,7,14H2,1H3. The first-order valence-electron chi connectivity index (χ1n) is 5.67. The summed E-state index contributed by atoms with van der Waals surface area (Å²) in [6.45, 7) is 2.84. The Bertz CT molecular complexity index is 439. The molecule has 0 bridgehead atoms. The van der Waals surface area contributed by atoms with Crippen molar-refractivity contribution in [2.24, 2.45) is 5.73 Å². The van der Waals surface area contributed by atoms with Crippen molar-refractivity contribution in [1.29, 1.82) is 0 Å². The molecule has 0 saturated carbocycles. The zero-order valence-electron chi connectivity index (χ0n) is 9.80. The molecule has 0 fully saturated rings. The Kier molecular flexibility index (Phi) is 4.12. The summed E-state index contributed by atoms with van der Waals surface area (Å²) in [5.74, 6) is 0.890. The van der Waals surface area contributed by atoms with E-state index in [9.17, 15) is 0 Å². The zero-order chi connectivity index (χ0) is 12.1. The predicted octanol–water partition coefficient (Wildman–Crippen LogP) is 2.98. The molecule has 2 rings (SSSR count). The predicted molar refractivity (Wildman–Crippen MR) is 70.4 cm³/mol. The molecule has 0 aliphatic heterocycles. The minimum Gasteiger partial charge on any atom is -0.494 e. The van der Waals surface area contributed by atoms with Crippen LogP contribution in [0.4, 0.5) is 0 Å². The third kappa shape index (κ3) is 3.05. The van der Waals surface area contributed by atoms with Crippen LogP contribution in [0.5, 0.6) is 5.75 Å². The van der Waals surface area contributed by atoms with Gasteiger partial charge in [0, 0.05) is 5.38 Å². The molecule has 2 N–H and O–H groups in total. The van der Waals surface area contributed by atoms with Crippen LogP contribution < -0.4 is 10.5 Å². The van der Waals surface area contributed by atoms with Crippen molar-refractivity contribution in [1.82, 2.24) is 4.98 Å². The van der Waals surface area contributed by atoms with Crippen LogP contribution in [0.3, 0.4) is 0 Å². The Hall–Kier alpha value is -1.39. The minimum absolute atomic E-state index is 0.151. The molecular weight excluding hydrogens is 232 g/mol. The molecule has 1 heterocycles. The van der Waals surface area contributed by atoms with E-state index < -0.39 is 0 Å². The molecule has 0 aliphatic carbocycles. The molecule has 17 heavy (non-hydrogen) atoms. The number of hydrogen-bond donors (Lipinski definition) is 1. The van der Waals surface area contributed by atoms with Crippen molar-refractivity contribution in [3.05, 3.63) is 46.4 Å². The van der Waals surface area contributed by atoms with E-state index in [0.717, 1.165) is 30.0 Å². The zero-order valence-corrected chi connectivity index (χ0v) is 10.6. The van der Waals surface area contributed by atoms with Gasteiger partial charge in [0.05, 0.1) is 23.9 Å². The first-order valence-corrected chi connectivity index (χ1v) is 6.62. The van der Waals surface area contributed by atoms with Crippen molar-refractivity contribution in [3.63, 3.8) is 0 Å². The summed E-state index contributed by atoms with van der Waals surface area (Å²) >= 11 is 1.56. The molecule has 4 heteroatoms. The van der Waals surface area contributed by atoms with Crippen LogP contribution in [0.25, 0.3) is 0 Å². The number of rotatable bonds is 5. The van der Waals surface area contributed by atoms with Crippen molar-refractivity contribution < 1.29 is 4.74 Å². The summed E-state index contributed by atoms with van der Waals surface area (Å²) in [6.07, 6.45) is 1.01. The van der Waals surface area contributed by atoms with Gasteiger partial charge in [-0.05, 0) is 24.1 Å². The summed E-state index contributed by atoms with van der Waals surface area (Å²) in [4.78, 5) is 4.23. The maximum absolute atomic E-state index is 6.11. The van der Waals surface area contributed by atoms with E-state index in [1.165, 1.54) is 0 Å². The Morgan fingerprint density at radius 1 is 1.35 bits per heavy atom. The van der Waals surface area contributed by atoms with E-state index in [-0.39, 0.29) is 6.04 Å². The van der Waals surface area contributed by atoms with Crippen LogP contribution in [-0.2, 0) is 0 Å². The molecule has 0 spiro atoms. The number of thiazole rings is 1. The third-order valence-corrected chi connectivity index (χ3v) is 3.09. The van der Waals surface area contributed by atoms with Crippen molar-refractivity contribution >= 4 is 11.3 Å². The van der Waals surface area contributed by atoms with E-state index >= 15 is 0 Å². The monoisotopic (exact) mass is 248 g/mol. The lowest BCUT2D eigenvalue weighted by Crippen LogP contribution is -2.11. The van der Waals surface area contributed by atoms with Gasteiger partial charge in [-0.25, -0.2) is 4.98 Å². The molecule has 1 aromatic carbocycles. The van der Waals surface area contributed by atoms with E-state index in [0.29, 0.717) is 0 Å². The van der Waals surface area contributed by atoms with Crippen molar-refractivity contribution in [3.8, 4) is 5.75 Å². The second-order valence-electron chi connectivity index (χ2n) is 3.81. The molecule has 1 aromatic heterocycles. The fourth-order valence-corrected chi connectivity index (χ4v) is 2.13. The Labute approximate surface area is 105 Å². The first kappa shape index (κ1) is 12.1. The average Bonchev–Trinajstić information content (AvgIpc) is 2.90. The highest BCUT2D eigenvalue weighted by atomic mass is 32.1. The van der Waals surface area contributed by atoms with E-state index in [4.69, 9.17) is 10.5 Å². The number of benzene rings is 1. The van der Waals surface area contributed by atoms with Gasteiger partial charge in [-0.3, -0.25) is 0 Å². The molecule has 3 nitrogen and oxygen atoms in total. The number of hydrogen-bond acceptors (Lipinski definition) is 4. The van der Waals surface area contributed by atoms with Gasteiger partial charge in [-0.15, -0.1) is 11.3 Å². The molecule has 1 atom stereocenters. The van der Waals surface area contributed by atoms with Gasteiger partial charge in [-0.1, -0.05) is 19.1 Å². The van der Waals surface area contributed by atoms with Crippen LogP contribution in [0.2, 0.25) is 0 Å². The topological polar surface area (TPSA) is 48.1 Å². The largest absolute Gasteiger partial charge is 0.494 e. The van der Waals surface area contributed by atoms with Gasteiger partial charge >= 0.3 is 0 Å². The van der Waals surface area contributed by atoms with Gasteiger partial charge in [-0.2, -0.15) is 0 Å². The lowest BCUT2D eigenvalue weighted by Gasteiger charge is -2.10. The highest BCUT2D eigenvalue weighted by molar-refractivity contribution is 7.07. The number of ether oxygens (including phenoxy) is 1. The summed E-state index contributed by atoms with van der Waals surface area (Å²) in [6, 6.07) is 7.75. The van der Waals surface area contributed by atoms with E-state index in [2.05, 4.69) is 11.9 Å². The Balaban J connectivity index is 2.07. The maximum atomic E-state index is 6.11. The summed E-state index contributed by atoms with van der Waals surface area (Å²) in [7, 11) is 0. The molecular formula is C13H16N2OS. The quantitative estimate of drug-likeness (QED) is 0.885. The Morgan fingerprint density at radius 2 is 2.12 bits per heavy atom. The van der Waals surface area contributed by atoms with Gasteiger partial charge in [0.2, 0.25) is 0 Å². The maximum Gasteiger partial charge on any atom is 0.119 e. The van der Waals surface area contributed by atoms with E-state index in [1.54, 1.807) is 16.8 Å². The summed E-state index contributed by atoms with van der Waals surface area (Å²) in [5, 5.41) is 1.98. The van der Waals surface area contributed by atoms with Gasteiger partial charge in [0.25, 0.3) is 0 Å². The van der Waals surface area contributed by atoms with Gasteiger partial charge in [0.1, 0.15) is 5.75 Å². The SMILES string of the molecule is CCCOc1ccc(C(N)c2cscn2)cc1. The number of nitrogens with two attached hydrogens (primary N) is 1. The summed E-state index contributed by atoms with van der Waals surface area (Å²) < 4.78 is 5.53. The van der Waals surface area contributed by atoms with Crippen LogP contribution in [0.1, 0.15) is 30.6 Å². The molecule has 0 saturated heterocycles. The fraction of sp³-hybridized carbons (Fsp3) is 0.308. The van der Waals surface area contributed by atoms with Gasteiger partial charge in [0.15, 0.2) is 0 Å². The second-order valence-corrected chi connectivity index (χ2v) is 4.53. The fourth-order valence-electron chi connectivity index (χ4n) is 1.54. The lowest BCUT2D eigenvalue weighted by molar-refractivity contribution is 0.317. The molecule has 2 aromatic rings. The van der Waals surface area contributed by atoms with Crippen LogP contribution in [0, 0.1) is 0 Å². The number of aromatic nitrogens is 1. The second kappa shape index (κ2) is 5.80. The molecule has 0 radical (unpaired) electrons. The summed E-state index contributed by atoms with van der Waals surface area (Å²) in [5.41, 5.74) is 9.88. The highest BCUT2D eigenvalue weighted by Gasteiger charge is 2.10. The van der Waals surface area contributed by atoms with Crippen LogP contribution >= 0.6 is 11.3 Å². The van der Waals surface area contributed by atoms with Crippen LogP contribution in [-0.4, -0.2) is 11.6 Å². The lowest BCUT2D eigenvalue weighted by atomic mass is 10.1. The highest BCUT2D eigenvalue weighted by Crippen LogP contribution is 2.21. The van der Waals surface area contributed by atoms with Crippen molar-refractivity contribution in [2.75, 3.05) is 6.61 Å². The minimum atomic E-state index is -0.151. The van der Waals surface area contributed by atoms with Gasteiger partial charge < -0.3 is 10.5 Å². The smallest absolute Gasteiger partial charge is 0.119 e. The van der Waals surface area contributed by atoms with Crippen molar-refractivity contribution in [2.45, 2.75) is 19.4 Å². The normalized spacial score (nSPS) is 12.4. The molecule has 0 aliphatic rings.